The van der Waals surface area contributed by atoms with Gasteiger partial charge in [-0.05, 0) is 41.0 Å². The standard InChI is InChI=1S/C22H23NO4/c24-21(25)12-15-6-5-11-23(13-15)22(26)27-14-20-18-9-3-1-7-16(18)17-8-2-4-10-19(17)20/h1-4,7-10,15,20H,5-6,11-14H2,(H,24,25). The van der Waals surface area contributed by atoms with Crippen LogP contribution < -0.4 is 0 Å². The maximum Gasteiger partial charge on any atom is 0.409 e. The van der Waals surface area contributed by atoms with E-state index in [1.165, 1.54) is 22.3 Å². The van der Waals surface area contributed by atoms with E-state index in [1.54, 1.807) is 4.90 Å². The zero-order valence-electron chi connectivity index (χ0n) is 15.1. The molecule has 0 spiro atoms. The van der Waals surface area contributed by atoms with Crippen LogP contribution in [0.2, 0.25) is 0 Å². The van der Waals surface area contributed by atoms with Crippen LogP contribution in [-0.2, 0) is 9.53 Å². The fourth-order valence-electron chi connectivity index (χ4n) is 4.33. The van der Waals surface area contributed by atoms with Crippen molar-refractivity contribution in [3.8, 4) is 11.1 Å². The molecule has 2 aromatic carbocycles. The summed E-state index contributed by atoms with van der Waals surface area (Å²) in [5, 5.41) is 8.99. The number of likely N-dealkylation sites (tertiary alicyclic amines) is 1. The monoisotopic (exact) mass is 365 g/mol. The number of benzene rings is 2. The summed E-state index contributed by atoms with van der Waals surface area (Å²) in [7, 11) is 0. The molecule has 27 heavy (non-hydrogen) atoms. The zero-order chi connectivity index (χ0) is 18.8. The Bertz CT molecular complexity index is 817. The van der Waals surface area contributed by atoms with Gasteiger partial charge in [0.15, 0.2) is 0 Å². The van der Waals surface area contributed by atoms with Crippen LogP contribution in [0.25, 0.3) is 11.1 Å². The lowest BCUT2D eigenvalue weighted by molar-refractivity contribution is -0.138. The molecule has 0 bridgehead atoms. The summed E-state index contributed by atoms with van der Waals surface area (Å²) in [6.45, 7) is 1.39. The highest BCUT2D eigenvalue weighted by atomic mass is 16.6. The van der Waals surface area contributed by atoms with E-state index < -0.39 is 5.97 Å². The number of carbonyl (C=O) groups excluding carboxylic acids is 1. The molecule has 1 saturated heterocycles. The van der Waals surface area contributed by atoms with Crippen molar-refractivity contribution in [3.05, 3.63) is 59.7 Å². The van der Waals surface area contributed by atoms with Gasteiger partial charge in [-0.1, -0.05) is 48.5 Å². The van der Waals surface area contributed by atoms with Crippen LogP contribution in [0.5, 0.6) is 0 Å². The lowest BCUT2D eigenvalue weighted by Crippen LogP contribution is -2.41. The summed E-state index contributed by atoms with van der Waals surface area (Å²) in [4.78, 5) is 25.2. The molecule has 2 aromatic rings. The maximum absolute atomic E-state index is 12.6. The number of nitrogens with zero attached hydrogens (tertiary/aromatic N) is 1. The summed E-state index contributed by atoms with van der Waals surface area (Å²) in [5.41, 5.74) is 4.78. The SMILES string of the molecule is O=C(O)CC1CCCN(C(=O)OCC2c3ccccc3-c3ccccc32)C1. The second-order valence-electron chi connectivity index (χ2n) is 7.36. The first-order valence-electron chi connectivity index (χ1n) is 9.45. The molecule has 140 valence electrons. The predicted molar refractivity (Wildman–Crippen MR) is 102 cm³/mol. The quantitative estimate of drug-likeness (QED) is 0.885. The maximum atomic E-state index is 12.6. The fourth-order valence-corrected chi connectivity index (χ4v) is 4.33. The third kappa shape index (κ3) is 3.54. The minimum absolute atomic E-state index is 0.0109. The van der Waals surface area contributed by atoms with Gasteiger partial charge in [-0.3, -0.25) is 4.79 Å². The molecule has 1 amide bonds. The Labute approximate surface area is 158 Å². The van der Waals surface area contributed by atoms with Crippen LogP contribution in [-0.4, -0.2) is 41.8 Å². The van der Waals surface area contributed by atoms with Crippen molar-refractivity contribution in [1.29, 1.82) is 0 Å². The Morgan fingerprint density at radius 3 is 2.30 bits per heavy atom. The first kappa shape index (κ1) is 17.6. The number of hydrogen-bond donors (Lipinski definition) is 1. The molecule has 1 N–H and O–H groups in total. The second-order valence-corrected chi connectivity index (χ2v) is 7.36. The first-order valence-corrected chi connectivity index (χ1v) is 9.45. The number of carbonyl (C=O) groups is 2. The molecule has 0 saturated carbocycles. The van der Waals surface area contributed by atoms with Gasteiger partial charge in [0.2, 0.25) is 0 Å². The molecular formula is C22H23NO4. The molecule has 4 rings (SSSR count). The van der Waals surface area contributed by atoms with E-state index >= 15 is 0 Å². The highest BCUT2D eigenvalue weighted by Gasteiger charge is 2.31. The molecular weight excluding hydrogens is 342 g/mol. The normalized spacial score (nSPS) is 18.7. The molecule has 1 fully saturated rings. The zero-order valence-corrected chi connectivity index (χ0v) is 15.1. The van der Waals surface area contributed by atoms with Crippen molar-refractivity contribution in [2.45, 2.75) is 25.2 Å². The lowest BCUT2D eigenvalue weighted by Gasteiger charge is -2.31. The van der Waals surface area contributed by atoms with Crippen LogP contribution in [0.1, 0.15) is 36.3 Å². The molecule has 5 nitrogen and oxygen atoms in total. The number of fused-ring (bicyclic) bond motifs is 3. The van der Waals surface area contributed by atoms with Crippen LogP contribution >= 0.6 is 0 Å². The minimum Gasteiger partial charge on any atom is -0.481 e. The van der Waals surface area contributed by atoms with Gasteiger partial charge < -0.3 is 14.7 Å². The van der Waals surface area contributed by atoms with Gasteiger partial charge in [0.25, 0.3) is 0 Å². The number of carboxylic acid groups (broad SMARTS) is 1. The molecule has 2 aliphatic rings. The van der Waals surface area contributed by atoms with E-state index in [-0.39, 0.29) is 24.3 Å². The smallest absolute Gasteiger partial charge is 0.409 e. The Kier molecular flexibility index (Phi) is 4.84. The number of carboxylic acids is 1. The number of hydrogen-bond acceptors (Lipinski definition) is 3. The molecule has 1 heterocycles. The summed E-state index contributed by atoms with van der Waals surface area (Å²) in [6, 6.07) is 16.5. The van der Waals surface area contributed by atoms with E-state index in [2.05, 4.69) is 24.3 Å². The topological polar surface area (TPSA) is 66.8 Å². The summed E-state index contributed by atoms with van der Waals surface area (Å²) in [6.07, 6.45) is 1.43. The largest absolute Gasteiger partial charge is 0.481 e. The van der Waals surface area contributed by atoms with Gasteiger partial charge in [-0.15, -0.1) is 0 Å². The van der Waals surface area contributed by atoms with Gasteiger partial charge in [-0.2, -0.15) is 0 Å². The molecule has 0 aromatic heterocycles. The highest BCUT2D eigenvalue weighted by Crippen LogP contribution is 2.44. The average Bonchev–Trinajstić information content (AvgIpc) is 3.00. The van der Waals surface area contributed by atoms with E-state index in [0.717, 1.165) is 12.8 Å². The number of ether oxygens (including phenoxy) is 1. The Morgan fingerprint density at radius 2 is 1.67 bits per heavy atom. The van der Waals surface area contributed by atoms with Crippen molar-refractivity contribution in [2.24, 2.45) is 5.92 Å². The molecule has 1 atom stereocenters. The van der Waals surface area contributed by atoms with Crippen molar-refractivity contribution < 1.29 is 19.4 Å². The first-order chi connectivity index (χ1) is 13.1. The summed E-state index contributed by atoms with van der Waals surface area (Å²) < 4.78 is 5.67. The van der Waals surface area contributed by atoms with Crippen LogP contribution in [0.4, 0.5) is 4.79 Å². The average molecular weight is 365 g/mol. The number of amides is 1. The Balaban J connectivity index is 1.44. The van der Waals surface area contributed by atoms with Crippen molar-refractivity contribution in [2.75, 3.05) is 19.7 Å². The van der Waals surface area contributed by atoms with E-state index in [4.69, 9.17) is 9.84 Å². The Morgan fingerprint density at radius 1 is 1.04 bits per heavy atom. The fraction of sp³-hybridized carbons (Fsp3) is 0.364. The number of piperidine rings is 1. The molecule has 1 unspecified atom stereocenters. The van der Waals surface area contributed by atoms with E-state index in [0.29, 0.717) is 19.7 Å². The van der Waals surface area contributed by atoms with Crippen LogP contribution in [0, 0.1) is 5.92 Å². The van der Waals surface area contributed by atoms with E-state index in [1.807, 2.05) is 24.3 Å². The molecule has 1 aliphatic carbocycles. The lowest BCUT2D eigenvalue weighted by atomic mass is 9.95. The van der Waals surface area contributed by atoms with Crippen molar-refractivity contribution in [1.82, 2.24) is 4.90 Å². The molecule has 0 radical (unpaired) electrons. The van der Waals surface area contributed by atoms with Gasteiger partial charge in [0, 0.05) is 25.4 Å². The van der Waals surface area contributed by atoms with Gasteiger partial charge in [0.05, 0.1) is 0 Å². The summed E-state index contributed by atoms with van der Waals surface area (Å²) in [5.74, 6) is -0.757. The Hall–Kier alpha value is -2.82. The number of aliphatic carboxylic acids is 1. The number of rotatable bonds is 4. The van der Waals surface area contributed by atoms with Gasteiger partial charge >= 0.3 is 12.1 Å². The molecule has 5 heteroatoms. The van der Waals surface area contributed by atoms with Gasteiger partial charge in [0.1, 0.15) is 6.61 Å². The predicted octanol–water partition coefficient (Wildman–Crippen LogP) is 4.12. The highest BCUT2D eigenvalue weighted by molar-refractivity contribution is 5.79. The third-order valence-electron chi connectivity index (χ3n) is 5.58. The molecule has 1 aliphatic heterocycles. The van der Waals surface area contributed by atoms with E-state index in [9.17, 15) is 9.59 Å². The van der Waals surface area contributed by atoms with Gasteiger partial charge in [-0.25, -0.2) is 4.79 Å². The second kappa shape index (κ2) is 7.43. The van der Waals surface area contributed by atoms with Crippen LogP contribution in [0.3, 0.4) is 0 Å². The summed E-state index contributed by atoms with van der Waals surface area (Å²) >= 11 is 0. The third-order valence-corrected chi connectivity index (χ3v) is 5.58. The van der Waals surface area contributed by atoms with Crippen molar-refractivity contribution in [3.63, 3.8) is 0 Å². The van der Waals surface area contributed by atoms with Crippen LogP contribution in [0.15, 0.2) is 48.5 Å². The van der Waals surface area contributed by atoms with Crippen molar-refractivity contribution >= 4 is 12.1 Å². The minimum atomic E-state index is -0.811.